The molecule has 3 N–H and O–H groups in total. The van der Waals surface area contributed by atoms with E-state index >= 15 is 0 Å². The first kappa shape index (κ1) is 24.1. The summed E-state index contributed by atoms with van der Waals surface area (Å²) in [5.74, 6) is -2.93. The maximum Gasteiger partial charge on any atom is 0.414 e. The van der Waals surface area contributed by atoms with Crippen LogP contribution in [0.3, 0.4) is 0 Å². The van der Waals surface area contributed by atoms with E-state index in [-0.39, 0.29) is 0 Å². The number of methoxy groups -OCH3 is 1. The van der Waals surface area contributed by atoms with E-state index in [1.165, 1.54) is 0 Å². The van der Waals surface area contributed by atoms with E-state index in [4.69, 9.17) is 45.6 Å². The van der Waals surface area contributed by atoms with Gasteiger partial charge >= 0.3 is 11.9 Å². The number of halogens is 1. The van der Waals surface area contributed by atoms with Crippen LogP contribution in [0.2, 0.25) is 5.02 Å². The van der Waals surface area contributed by atoms with Crippen LogP contribution in [0.15, 0.2) is 18.2 Å². The van der Waals surface area contributed by atoms with Crippen molar-refractivity contribution in [3.05, 3.63) is 28.8 Å². The fourth-order valence-electron chi connectivity index (χ4n) is 1.64. The molecule has 0 spiro atoms. The van der Waals surface area contributed by atoms with E-state index in [0.29, 0.717) is 30.6 Å². The number of ether oxygens (including phenoxy) is 3. The fraction of sp³-hybridized carbons (Fsp3) is 0.529. The van der Waals surface area contributed by atoms with Gasteiger partial charge in [-0.15, -0.1) is 0 Å². The van der Waals surface area contributed by atoms with Gasteiger partial charge in [0.1, 0.15) is 12.4 Å². The molecule has 8 nitrogen and oxygen atoms in total. The normalized spacial score (nSPS) is 9.96. The molecule has 0 atom stereocenters. The van der Waals surface area contributed by atoms with Crippen LogP contribution in [0.25, 0.3) is 0 Å². The number of benzene rings is 1. The highest BCUT2D eigenvalue weighted by Crippen LogP contribution is 2.24. The van der Waals surface area contributed by atoms with Crippen LogP contribution in [-0.2, 0) is 19.1 Å². The Kier molecular flexibility index (Phi) is 14.3. The highest BCUT2D eigenvalue weighted by Gasteiger charge is 2.04. The zero-order chi connectivity index (χ0) is 19.8. The predicted octanol–water partition coefficient (Wildman–Crippen LogP) is 1.83. The van der Waals surface area contributed by atoms with E-state index in [9.17, 15) is 0 Å². The van der Waals surface area contributed by atoms with Gasteiger partial charge in [0.05, 0.1) is 18.2 Å². The fourth-order valence-corrected chi connectivity index (χ4v) is 1.82. The molecule has 0 heterocycles. The molecule has 148 valence electrons. The second-order valence-corrected chi connectivity index (χ2v) is 5.51. The number of aryl methyl sites for hydroxylation is 1. The van der Waals surface area contributed by atoms with Crippen molar-refractivity contribution in [1.29, 1.82) is 0 Å². The Labute approximate surface area is 158 Å². The van der Waals surface area contributed by atoms with E-state index < -0.39 is 11.9 Å². The number of aliphatic carboxylic acids is 2. The summed E-state index contributed by atoms with van der Waals surface area (Å²) in [5, 5.41) is 18.7. The van der Waals surface area contributed by atoms with Gasteiger partial charge < -0.3 is 29.7 Å². The summed E-state index contributed by atoms with van der Waals surface area (Å²) in [5.41, 5.74) is 1.13. The topological polar surface area (TPSA) is 114 Å². The lowest BCUT2D eigenvalue weighted by Crippen LogP contribution is -2.22. The van der Waals surface area contributed by atoms with Crippen molar-refractivity contribution in [3.63, 3.8) is 0 Å². The summed E-state index contributed by atoms with van der Waals surface area (Å²) in [6.07, 6.45) is 1.02. The first-order valence-electron chi connectivity index (χ1n) is 8.01. The van der Waals surface area contributed by atoms with E-state index in [1.54, 1.807) is 7.11 Å². The molecule has 0 saturated carbocycles. The van der Waals surface area contributed by atoms with Crippen LogP contribution in [0.5, 0.6) is 5.75 Å². The van der Waals surface area contributed by atoms with Gasteiger partial charge in [-0.3, -0.25) is 0 Å². The molecule has 1 aromatic carbocycles. The van der Waals surface area contributed by atoms with Crippen LogP contribution in [0, 0.1) is 6.92 Å². The molecule has 0 bridgehead atoms. The maximum atomic E-state index is 9.10. The summed E-state index contributed by atoms with van der Waals surface area (Å²) in [6, 6.07) is 5.73. The second-order valence-electron chi connectivity index (χ2n) is 5.10. The number of hydrogen-bond acceptors (Lipinski definition) is 6. The Morgan fingerprint density at radius 3 is 2.38 bits per heavy atom. The Hall–Kier alpha value is -1.87. The minimum atomic E-state index is -1.82. The van der Waals surface area contributed by atoms with Crippen LogP contribution >= 0.6 is 11.6 Å². The molecule has 0 amide bonds. The maximum absolute atomic E-state index is 9.10. The zero-order valence-corrected chi connectivity index (χ0v) is 15.8. The van der Waals surface area contributed by atoms with Gasteiger partial charge in [0, 0.05) is 20.3 Å². The largest absolute Gasteiger partial charge is 0.490 e. The molecule has 9 heteroatoms. The summed E-state index contributed by atoms with van der Waals surface area (Å²) in [7, 11) is 1.71. The van der Waals surface area contributed by atoms with Crippen molar-refractivity contribution in [2.75, 3.05) is 46.6 Å². The third-order valence-corrected chi connectivity index (χ3v) is 3.19. The first-order chi connectivity index (χ1) is 12.4. The Bertz CT molecular complexity index is 528. The number of nitrogens with one attached hydrogen (secondary N) is 1. The van der Waals surface area contributed by atoms with Gasteiger partial charge in [-0.25, -0.2) is 9.59 Å². The smallest absolute Gasteiger partial charge is 0.414 e. The van der Waals surface area contributed by atoms with Crippen molar-refractivity contribution in [2.45, 2.75) is 13.3 Å². The number of rotatable bonds is 11. The van der Waals surface area contributed by atoms with E-state index in [1.807, 2.05) is 25.1 Å². The molecule has 26 heavy (non-hydrogen) atoms. The van der Waals surface area contributed by atoms with E-state index in [2.05, 4.69) is 5.32 Å². The highest BCUT2D eigenvalue weighted by molar-refractivity contribution is 6.32. The van der Waals surface area contributed by atoms with Crippen molar-refractivity contribution < 1.29 is 34.0 Å². The second kappa shape index (κ2) is 15.4. The molecule has 0 fully saturated rings. The van der Waals surface area contributed by atoms with Crippen LogP contribution < -0.4 is 10.1 Å². The minimum Gasteiger partial charge on any atom is -0.490 e. The third-order valence-electron chi connectivity index (χ3n) is 2.88. The molecule has 0 unspecified atom stereocenters. The van der Waals surface area contributed by atoms with Gasteiger partial charge in [0.15, 0.2) is 0 Å². The number of carboxylic acids is 2. The molecule has 0 aliphatic carbocycles. The number of carbonyl (C=O) groups is 2. The molecular formula is C17H26ClNO7. The standard InChI is InChI=1S/C15H24ClNO3.C2H2O4/c1-13-4-5-14(16)15(12-13)20-11-10-19-9-7-17-6-3-8-18-2;3-1(4)2(5)6/h4-5,12,17H,3,6-11H2,1-2H3;(H,3,4)(H,5,6). The van der Waals surface area contributed by atoms with Gasteiger partial charge in [-0.2, -0.15) is 0 Å². The molecule has 0 aromatic heterocycles. The lowest BCUT2D eigenvalue weighted by Gasteiger charge is -2.09. The van der Waals surface area contributed by atoms with Crippen molar-refractivity contribution in [3.8, 4) is 5.75 Å². The van der Waals surface area contributed by atoms with Gasteiger partial charge in [0.2, 0.25) is 0 Å². The average Bonchev–Trinajstić information content (AvgIpc) is 2.60. The summed E-state index contributed by atoms with van der Waals surface area (Å²) in [4.78, 5) is 18.2. The van der Waals surface area contributed by atoms with Crippen molar-refractivity contribution in [2.24, 2.45) is 0 Å². The number of hydrogen-bond donors (Lipinski definition) is 3. The molecule has 0 radical (unpaired) electrons. The summed E-state index contributed by atoms with van der Waals surface area (Å²) >= 11 is 6.03. The zero-order valence-electron chi connectivity index (χ0n) is 15.0. The molecular weight excluding hydrogens is 366 g/mol. The van der Waals surface area contributed by atoms with Crippen LogP contribution in [-0.4, -0.2) is 68.8 Å². The van der Waals surface area contributed by atoms with Crippen LogP contribution in [0.4, 0.5) is 0 Å². The lowest BCUT2D eigenvalue weighted by molar-refractivity contribution is -0.159. The molecule has 0 saturated heterocycles. The molecule has 1 aromatic rings. The van der Waals surface area contributed by atoms with Crippen LogP contribution in [0.1, 0.15) is 12.0 Å². The van der Waals surface area contributed by atoms with Gasteiger partial charge in [0.25, 0.3) is 0 Å². The van der Waals surface area contributed by atoms with Gasteiger partial charge in [-0.05, 0) is 37.6 Å². The molecule has 0 aliphatic heterocycles. The predicted molar refractivity (Wildman–Crippen MR) is 97.1 cm³/mol. The summed E-state index contributed by atoms with van der Waals surface area (Å²) < 4.78 is 16.0. The van der Waals surface area contributed by atoms with E-state index in [0.717, 1.165) is 31.7 Å². The average molecular weight is 392 g/mol. The monoisotopic (exact) mass is 391 g/mol. The molecule has 1 rings (SSSR count). The SMILES string of the molecule is COCCCNCCOCCOc1cc(C)ccc1Cl.O=C(O)C(=O)O. The highest BCUT2D eigenvalue weighted by atomic mass is 35.5. The Morgan fingerprint density at radius 1 is 1.08 bits per heavy atom. The van der Waals surface area contributed by atoms with Crippen molar-refractivity contribution >= 4 is 23.5 Å². The van der Waals surface area contributed by atoms with Gasteiger partial charge in [-0.1, -0.05) is 17.7 Å². The first-order valence-corrected chi connectivity index (χ1v) is 8.38. The lowest BCUT2D eigenvalue weighted by atomic mass is 10.2. The Morgan fingerprint density at radius 2 is 1.77 bits per heavy atom. The number of carboxylic acid groups (broad SMARTS) is 2. The Balaban J connectivity index is 0.000000896. The third kappa shape index (κ3) is 13.4. The minimum absolute atomic E-state index is 0.507. The van der Waals surface area contributed by atoms with Crippen molar-refractivity contribution in [1.82, 2.24) is 5.32 Å². The quantitative estimate of drug-likeness (QED) is 0.386. The molecule has 0 aliphatic rings. The summed E-state index contributed by atoms with van der Waals surface area (Å²) in [6.45, 7) is 6.34.